The second-order valence-electron chi connectivity index (χ2n) is 7.61. The highest BCUT2D eigenvalue weighted by Crippen LogP contribution is 2.22. The molecule has 1 amide bonds. The lowest BCUT2D eigenvalue weighted by molar-refractivity contribution is -0.123. The van der Waals surface area contributed by atoms with E-state index in [0.29, 0.717) is 12.1 Å². The molecule has 146 valence electrons. The van der Waals surface area contributed by atoms with Crippen LogP contribution in [-0.2, 0) is 21.2 Å². The summed E-state index contributed by atoms with van der Waals surface area (Å²) in [7, 11) is -3.62. The van der Waals surface area contributed by atoms with E-state index in [2.05, 4.69) is 5.32 Å². The third-order valence-electron chi connectivity index (χ3n) is 4.30. The molecule has 2 aromatic rings. The Balaban J connectivity index is 2.22. The number of hydrogen-bond donors (Lipinski definition) is 1. The van der Waals surface area contributed by atoms with Crippen LogP contribution in [0.25, 0.3) is 0 Å². The first-order valence-corrected chi connectivity index (χ1v) is 10.8. The average molecular weight is 389 g/mol. The number of nitrogens with one attached hydrogen (secondary N) is 1. The van der Waals surface area contributed by atoms with Crippen LogP contribution >= 0.6 is 0 Å². The minimum Gasteiger partial charge on any atom is -0.349 e. The maximum Gasteiger partial charge on any atom is 0.244 e. The van der Waals surface area contributed by atoms with E-state index in [1.165, 1.54) is 4.31 Å². The molecule has 2 rings (SSSR count). The normalized spacial score (nSPS) is 13.1. The molecule has 0 radical (unpaired) electrons. The van der Waals surface area contributed by atoms with Crippen molar-refractivity contribution in [2.24, 2.45) is 0 Å². The third-order valence-corrected chi connectivity index (χ3v) is 5.54. The summed E-state index contributed by atoms with van der Waals surface area (Å²) in [6.45, 7) is 7.36. The Kier molecular flexibility index (Phi) is 6.31. The number of rotatable bonds is 7. The monoisotopic (exact) mass is 388 g/mol. The zero-order valence-electron chi connectivity index (χ0n) is 16.6. The Bertz CT molecular complexity index is 893. The van der Waals surface area contributed by atoms with Gasteiger partial charge in [-0.05, 0) is 57.4 Å². The molecule has 0 heterocycles. The Morgan fingerprint density at radius 2 is 1.74 bits per heavy atom. The van der Waals surface area contributed by atoms with Crippen molar-refractivity contribution in [1.29, 1.82) is 0 Å². The Labute approximate surface area is 162 Å². The predicted molar refractivity (Wildman–Crippen MR) is 110 cm³/mol. The van der Waals surface area contributed by atoms with Gasteiger partial charge in [0.25, 0.3) is 0 Å². The molecule has 0 bridgehead atoms. The van der Waals surface area contributed by atoms with Crippen LogP contribution in [0.4, 0.5) is 5.69 Å². The summed E-state index contributed by atoms with van der Waals surface area (Å²) >= 11 is 0. The SMILES string of the molecule is Cc1cccc(N(C(C)C(=O)NC(C)(C)Cc2ccccc2)S(C)(=O)=O)c1. The minimum atomic E-state index is -3.62. The highest BCUT2D eigenvalue weighted by atomic mass is 32.2. The van der Waals surface area contributed by atoms with Gasteiger partial charge in [-0.3, -0.25) is 9.10 Å². The van der Waals surface area contributed by atoms with E-state index >= 15 is 0 Å². The standard InChI is InChI=1S/C21H28N2O3S/c1-16-10-9-13-19(14-16)23(27(5,25)26)17(2)20(24)22-21(3,4)15-18-11-7-6-8-12-18/h6-14,17H,15H2,1-5H3,(H,22,24). The van der Waals surface area contributed by atoms with Crippen molar-refractivity contribution in [3.63, 3.8) is 0 Å². The van der Waals surface area contributed by atoms with Crippen LogP contribution in [0.3, 0.4) is 0 Å². The summed E-state index contributed by atoms with van der Waals surface area (Å²) in [6.07, 6.45) is 1.77. The minimum absolute atomic E-state index is 0.331. The van der Waals surface area contributed by atoms with Gasteiger partial charge < -0.3 is 5.32 Å². The van der Waals surface area contributed by atoms with Crippen LogP contribution in [0.2, 0.25) is 0 Å². The van der Waals surface area contributed by atoms with E-state index in [9.17, 15) is 13.2 Å². The number of carbonyl (C=O) groups excluding carboxylic acids is 1. The van der Waals surface area contributed by atoms with E-state index < -0.39 is 21.6 Å². The molecule has 0 aliphatic heterocycles. The second kappa shape index (κ2) is 8.13. The van der Waals surface area contributed by atoms with E-state index in [1.807, 2.05) is 57.2 Å². The average Bonchev–Trinajstić information content (AvgIpc) is 2.53. The first-order valence-electron chi connectivity index (χ1n) is 8.92. The van der Waals surface area contributed by atoms with Gasteiger partial charge in [0.05, 0.1) is 11.9 Å². The van der Waals surface area contributed by atoms with Gasteiger partial charge in [-0.25, -0.2) is 8.42 Å². The van der Waals surface area contributed by atoms with E-state index in [1.54, 1.807) is 25.1 Å². The summed E-state index contributed by atoms with van der Waals surface area (Å²) in [5, 5.41) is 3.00. The molecular weight excluding hydrogens is 360 g/mol. The third kappa shape index (κ3) is 5.82. The van der Waals surface area contributed by atoms with Crippen molar-refractivity contribution in [3.8, 4) is 0 Å². The number of amides is 1. The Morgan fingerprint density at radius 3 is 2.30 bits per heavy atom. The smallest absolute Gasteiger partial charge is 0.244 e. The largest absolute Gasteiger partial charge is 0.349 e. The van der Waals surface area contributed by atoms with Gasteiger partial charge in [0, 0.05) is 5.54 Å². The number of aryl methyl sites for hydroxylation is 1. The van der Waals surface area contributed by atoms with Crippen LogP contribution in [0, 0.1) is 6.92 Å². The van der Waals surface area contributed by atoms with Crippen molar-refractivity contribution in [2.75, 3.05) is 10.6 Å². The van der Waals surface area contributed by atoms with Crippen LogP contribution < -0.4 is 9.62 Å². The van der Waals surface area contributed by atoms with Crippen LogP contribution in [-0.4, -0.2) is 32.2 Å². The molecule has 0 aliphatic carbocycles. The van der Waals surface area contributed by atoms with Crippen molar-refractivity contribution in [3.05, 3.63) is 65.7 Å². The molecule has 0 fully saturated rings. The maximum absolute atomic E-state index is 12.9. The van der Waals surface area contributed by atoms with Gasteiger partial charge in [-0.15, -0.1) is 0 Å². The maximum atomic E-state index is 12.9. The van der Waals surface area contributed by atoms with Crippen LogP contribution in [0.15, 0.2) is 54.6 Å². The lowest BCUT2D eigenvalue weighted by Crippen LogP contribution is -2.54. The highest BCUT2D eigenvalue weighted by Gasteiger charge is 2.32. The Hall–Kier alpha value is -2.34. The van der Waals surface area contributed by atoms with Crippen LogP contribution in [0.5, 0.6) is 0 Å². The lowest BCUT2D eigenvalue weighted by atomic mass is 9.94. The van der Waals surface area contributed by atoms with Gasteiger partial charge >= 0.3 is 0 Å². The van der Waals surface area contributed by atoms with E-state index in [-0.39, 0.29) is 5.91 Å². The van der Waals surface area contributed by atoms with Gasteiger partial charge in [0.2, 0.25) is 15.9 Å². The van der Waals surface area contributed by atoms with Crippen molar-refractivity contribution < 1.29 is 13.2 Å². The van der Waals surface area contributed by atoms with Gasteiger partial charge in [0.1, 0.15) is 6.04 Å². The summed E-state index contributed by atoms with van der Waals surface area (Å²) in [6, 6.07) is 16.1. The topological polar surface area (TPSA) is 66.5 Å². The number of hydrogen-bond acceptors (Lipinski definition) is 3. The number of sulfonamides is 1. The summed E-state index contributed by atoms with van der Waals surface area (Å²) in [5.74, 6) is -0.331. The molecule has 0 spiro atoms. The zero-order valence-corrected chi connectivity index (χ0v) is 17.4. The lowest BCUT2D eigenvalue weighted by Gasteiger charge is -2.33. The van der Waals surface area contributed by atoms with Crippen molar-refractivity contribution in [2.45, 2.75) is 45.7 Å². The van der Waals surface area contributed by atoms with Crippen molar-refractivity contribution >= 4 is 21.6 Å². The van der Waals surface area contributed by atoms with Gasteiger partial charge in [-0.2, -0.15) is 0 Å². The Morgan fingerprint density at radius 1 is 1.11 bits per heavy atom. The van der Waals surface area contributed by atoms with Crippen LogP contribution in [0.1, 0.15) is 31.9 Å². The van der Waals surface area contributed by atoms with E-state index in [0.717, 1.165) is 17.4 Å². The first kappa shape index (κ1) is 21.0. The highest BCUT2D eigenvalue weighted by molar-refractivity contribution is 7.92. The molecule has 0 aliphatic rings. The molecule has 6 heteroatoms. The van der Waals surface area contributed by atoms with Crippen molar-refractivity contribution in [1.82, 2.24) is 5.32 Å². The number of benzene rings is 2. The molecule has 0 saturated heterocycles. The molecular formula is C21H28N2O3S. The molecule has 0 saturated carbocycles. The molecule has 5 nitrogen and oxygen atoms in total. The number of nitrogens with zero attached hydrogens (tertiary/aromatic N) is 1. The van der Waals surface area contributed by atoms with Gasteiger partial charge in [0.15, 0.2) is 0 Å². The molecule has 1 unspecified atom stereocenters. The van der Waals surface area contributed by atoms with E-state index in [4.69, 9.17) is 0 Å². The molecule has 1 atom stereocenters. The molecule has 27 heavy (non-hydrogen) atoms. The fourth-order valence-electron chi connectivity index (χ4n) is 3.16. The molecule has 0 aromatic heterocycles. The number of carbonyl (C=O) groups is 1. The molecule has 1 N–H and O–H groups in total. The van der Waals surface area contributed by atoms with Gasteiger partial charge in [-0.1, -0.05) is 42.5 Å². The number of anilines is 1. The first-order chi connectivity index (χ1) is 12.5. The fraction of sp³-hybridized carbons (Fsp3) is 0.381. The quantitative estimate of drug-likeness (QED) is 0.791. The summed E-state index contributed by atoms with van der Waals surface area (Å²) in [5.41, 5.74) is 2.01. The fourth-order valence-corrected chi connectivity index (χ4v) is 4.33. The second-order valence-corrected chi connectivity index (χ2v) is 9.47. The predicted octanol–water partition coefficient (Wildman–Crippen LogP) is 3.29. The molecule has 2 aromatic carbocycles. The zero-order chi connectivity index (χ0) is 20.2. The summed E-state index contributed by atoms with van der Waals surface area (Å²) < 4.78 is 26.0. The summed E-state index contributed by atoms with van der Waals surface area (Å²) in [4.78, 5) is 12.9.